The van der Waals surface area contributed by atoms with E-state index in [9.17, 15) is 0 Å². The summed E-state index contributed by atoms with van der Waals surface area (Å²) in [5.41, 5.74) is 7.06. The number of rotatable bonds is 5. The lowest BCUT2D eigenvalue weighted by Gasteiger charge is -2.32. The summed E-state index contributed by atoms with van der Waals surface area (Å²) in [5.74, 6) is 0. The quantitative estimate of drug-likeness (QED) is 0.858. The van der Waals surface area contributed by atoms with E-state index in [4.69, 9.17) is 28.9 Å². The maximum Gasteiger partial charge on any atom is 0.0595 e. The summed E-state index contributed by atoms with van der Waals surface area (Å²) in [5, 5.41) is 3.23. The van der Waals surface area contributed by atoms with Crippen molar-refractivity contribution in [3.8, 4) is 0 Å². The average Bonchev–Trinajstić information content (AvgIpc) is 2.96. The minimum absolute atomic E-state index is 0.113. The molecule has 1 aromatic heterocycles. The molecule has 2 aromatic rings. The second-order valence-electron chi connectivity index (χ2n) is 4.78. The van der Waals surface area contributed by atoms with E-state index in [1.165, 1.54) is 4.88 Å². The van der Waals surface area contributed by atoms with E-state index in [1.54, 1.807) is 11.3 Å². The van der Waals surface area contributed by atoms with Crippen molar-refractivity contribution in [3.63, 3.8) is 0 Å². The zero-order chi connectivity index (χ0) is 14.7. The highest BCUT2D eigenvalue weighted by Crippen LogP contribution is 2.33. The first kappa shape index (κ1) is 15.8. The van der Waals surface area contributed by atoms with Gasteiger partial charge in [0.05, 0.1) is 10.0 Å². The molecule has 1 aromatic carbocycles. The molecule has 0 aliphatic carbocycles. The van der Waals surface area contributed by atoms with Crippen molar-refractivity contribution in [2.24, 2.45) is 5.73 Å². The van der Waals surface area contributed by atoms with E-state index in [0.29, 0.717) is 22.6 Å². The first-order valence-electron chi connectivity index (χ1n) is 6.45. The number of benzene rings is 1. The van der Waals surface area contributed by atoms with Crippen LogP contribution in [-0.2, 0) is 0 Å². The summed E-state index contributed by atoms with van der Waals surface area (Å²) in [4.78, 5) is 3.59. The van der Waals surface area contributed by atoms with Gasteiger partial charge in [0.1, 0.15) is 0 Å². The molecule has 0 radical (unpaired) electrons. The summed E-state index contributed by atoms with van der Waals surface area (Å²) in [6, 6.07) is 10.4. The number of nitrogens with zero attached hydrogens (tertiary/aromatic N) is 1. The van der Waals surface area contributed by atoms with Gasteiger partial charge in [-0.1, -0.05) is 35.3 Å². The van der Waals surface area contributed by atoms with E-state index in [1.807, 2.05) is 18.2 Å². The highest BCUT2D eigenvalue weighted by Gasteiger charge is 2.22. The molecule has 108 valence electrons. The maximum absolute atomic E-state index is 6.11. The fourth-order valence-corrected chi connectivity index (χ4v) is 3.40. The third-order valence-electron chi connectivity index (χ3n) is 3.61. The molecule has 2 rings (SSSR count). The van der Waals surface area contributed by atoms with Crippen LogP contribution in [0.2, 0.25) is 10.0 Å². The Morgan fingerprint density at radius 2 is 2.00 bits per heavy atom. The van der Waals surface area contributed by atoms with Gasteiger partial charge in [0.2, 0.25) is 0 Å². The van der Waals surface area contributed by atoms with Crippen LogP contribution in [0.15, 0.2) is 35.7 Å². The molecular formula is C15H18Cl2N2S. The summed E-state index contributed by atoms with van der Waals surface area (Å²) in [6.45, 7) is 2.72. The topological polar surface area (TPSA) is 29.3 Å². The lowest BCUT2D eigenvalue weighted by Crippen LogP contribution is -2.32. The van der Waals surface area contributed by atoms with Gasteiger partial charge in [0.15, 0.2) is 0 Å². The molecule has 0 amide bonds. The Balaban J connectivity index is 2.24. The Hall–Kier alpha value is -0.580. The van der Waals surface area contributed by atoms with Gasteiger partial charge in [0, 0.05) is 23.5 Å². The van der Waals surface area contributed by atoms with Crippen molar-refractivity contribution in [2.45, 2.75) is 19.0 Å². The van der Waals surface area contributed by atoms with Gasteiger partial charge in [0.25, 0.3) is 0 Å². The molecule has 0 saturated carbocycles. The summed E-state index contributed by atoms with van der Waals surface area (Å²) in [7, 11) is 2.09. The highest BCUT2D eigenvalue weighted by atomic mass is 35.5. The van der Waals surface area contributed by atoms with Gasteiger partial charge < -0.3 is 5.73 Å². The Labute approximate surface area is 134 Å². The van der Waals surface area contributed by atoms with E-state index >= 15 is 0 Å². The fourth-order valence-electron chi connectivity index (χ4n) is 2.26. The van der Waals surface area contributed by atoms with Crippen LogP contribution in [-0.4, -0.2) is 18.5 Å². The number of halogens is 2. The summed E-state index contributed by atoms with van der Waals surface area (Å²) < 4.78 is 0. The zero-order valence-electron chi connectivity index (χ0n) is 11.5. The first-order valence-corrected chi connectivity index (χ1v) is 8.08. The van der Waals surface area contributed by atoms with Crippen molar-refractivity contribution < 1.29 is 0 Å². The van der Waals surface area contributed by atoms with Crippen LogP contribution in [0.4, 0.5) is 0 Å². The minimum atomic E-state index is 0.113. The fraction of sp³-hybridized carbons (Fsp3) is 0.333. The Morgan fingerprint density at radius 1 is 1.25 bits per heavy atom. The van der Waals surface area contributed by atoms with Crippen molar-refractivity contribution in [1.82, 2.24) is 4.90 Å². The molecule has 1 heterocycles. The van der Waals surface area contributed by atoms with E-state index < -0.39 is 0 Å². The third-order valence-corrected chi connectivity index (χ3v) is 5.39. The molecule has 0 aliphatic rings. The van der Waals surface area contributed by atoms with Gasteiger partial charge in [-0.05, 0) is 43.1 Å². The summed E-state index contributed by atoms with van der Waals surface area (Å²) in [6.07, 6.45) is 0. The molecule has 0 saturated heterocycles. The second-order valence-corrected chi connectivity index (χ2v) is 6.58. The molecule has 0 spiro atoms. The highest BCUT2D eigenvalue weighted by molar-refractivity contribution is 7.10. The Morgan fingerprint density at radius 3 is 2.55 bits per heavy atom. The van der Waals surface area contributed by atoms with Crippen LogP contribution >= 0.6 is 34.5 Å². The minimum Gasteiger partial charge on any atom is -0.329 e. The number of hydrogen-bond donors (Lipinski definition) is 1. The normalized spacial score (nSPS) is 14.5. The number of hydrogen-bond acceptors (Lipinski definition) is 3. The number of nitrogens with two attached hydrogens (primary N) is 1. The largest absolute Gasteiger partial charge is 0.329 e. The van der Waals surface area contributed by atoms with Crippen LogP contribution in [0.1, 0.15) is 29.4 Å². The van der Waals surface area contributed by atoms with Gasteiger partial charge in [-0.15, -0.1) is 11.3 Å². The molecule has 0 bridgehead atoms. The third kappa shape index (κ3) is 3.35. The number of likely N-dealkylation sites (N-methyl/N-ethyl adjacent to an activating group) is 1. The van der Waals surface area contributed by atoms with E-state index in [-0.39, 0.29) is 6.04 Å². The van der Waals surface area contributed by atoms with E-state index in [2.05, 4.69) is 36.4 Å². The molecule has 2 atom stereocenters. The average molecular weight is 329 g/mol. The molecular weight excluding hydrogens is 311 g/mol. The molecule has 2 nitrogen and oxygen atoms in total. The summed E-state index contributed by atoms with van der Waals surface area (Å²) >= 11 is 13.8. The van der Waals surface area contributed by atoms with Gasteiger partial charge in [-0.25, -0.2) is 0 Å². The first-order chi connectivity index (χ1) is 9.54. The Kier molecular flexibility index (Phi) is 5.47. The second kappa shape index (κ2) is 6.92. The molecule has 20 heavy (non-hydrogen) atoms. The van der Waals surface area contributed by atoms with Crippen molar-refractivity contribution in [2.75, 3.05) is 13.6 Å². The van der Waals surface area contributed by atoms with Gasteiger partial charge in [-0.2, -0.15) is 0 Å². The van der Waals surface area contributed by atoms with Crippen LogP contribution in [0.25, 0.3) is 0 Å². The van der Waals surface area contributed by atoms with Crippen molar-refractivity contribution in [1.29, 1.82) is 0 Å². The smallest absolute Gasteiger partial charge is 0.0595 e. The monoisotopic (exact) mass is 328 g/mol. The number of thiophene rings is 1. The van der Waals surface area contributed by atoms with Crippen molar-refractivity contribution >= 4 is 34.5 Å². The zero-order valence-corrected chi connectivity index (χ0v) is 13.8. The molecule has 2 N–H and O–H groups in total. The lowest BCUT2D eigenvalue weighted by atomic mass is 10.0. The lowest BCUT2D eigenvalue weighted by molar-refractivity contribution is 0.193. The van der Waals surface area contributed by atoms with Gasteiger partial charge >= 0.3 is 0 Å². The van der Waals surface area contributed by atoms with Crippen molar-refractivity contribution in [3.05, 3.63) is 56.2 Å². The standard InChI is InChI=1S/C15H18Cl2N2S/c1-10(15-4-3-7-20-15)19(2)14(9-18)11-5-6-12(16)13(17)8-11/h3-8,10,14H,9,18H2,1-2H3. The van der Waals surface area contributed by atoms with Gasteiger partial charge in [-0.3, -0.25) is 4.90 Å². The molecule has 0 aliphatic heterocycles. The predicted molar refractivity (Wildman–Crippen MR) is 88.8 cm³/mol. The molecule has 5 heteroatoms. The predicted octanol–water partition coefficient (Wildman–Crippen LogP) is 4.75. The maximum atomic E-state index is 6.11. The van der Waals surface area contributed by atoms with Crippen LogP contribution in [0, 0.1) is 0 Å². The molecule has 2 unspecified atom stereocenters. The molecule has 0 fully saturated rings. The van der Waals surface area contributed by atoms with E-state index in [0.717, 1.165) is 5.56 Å². The van der Waals surface area contributed by atoms with Crippen LogP contribution in [0.3, 0.4) is 0 Å². The van der Waals surface area contributed by atoms with Crippen LogP contribution in [0.5, 0.6) is 0 Å². The SMILES string of the molecule is CC(c1cccs1)N(C)C(CN)c1ccc(Cl)c(Cl)c1. The van der Waals surface area contributed by atoms with Crippen LogP contribution < -0.4 is 5.73 Å². The Bertz CT molecular complexity index is 557.